The fourth-order valence-electron chi connectivity index (χ4n) is 1.04. The van der Waals surface area contributed by atoms with Crippen molar-refractivity contribution in [2.24, 2.45) is 4.99 Å². The van der Waals surface area contributed by atoms with Gasteiger partial charge in [-0.15, -0.1) is 0 Å². The Morgan fingerprint density at radius 3 is 1.42 bits per heavy atom. The van der Waals surface area contributed by atoms with Gasteiger partial charge in [-0.1, -0.05) is 0 Å². The number of sulfonamides is 2. The molecule has 0 spiro atoms. The Morgan fingerprint density at radius 2 is 1.21 bits per heavy atom. The number of alkyl halides is 6. The standard InChI is InChI=1S/C5H3F6N2O4S2/c6-4(7,8)18(14,15)13(2-1-12-3-13)19(16,17)5(9,10)11/h1-3H/q+1. The SMILES string of the molecule is O=S(=O)(C(F)(F)F)[N+]1(S(=O)(=O)C(F)(F)F)C=CN=C1. The van der Waals surface area contributed by atoms with Gasteiger partial charge in [-0.2, -0.15) is 43.2 Å². The third kappa shape index (κ3) is 1.93. The van der Waals surface area contributed by atoms with Crippen molar-refractivity contribution in [3.05, 3.63) is 12.4 Å². The summed E-state index contributed by atoms with van der Waals surface area (Å²) in [7, 11) is -13.6. The van der Waals surface area contributed by atoms with E-state index >= 15 is 0 Å². The summed E-state index contributed by atoms with van der Waals surface area (Å²) in [6.07, 6.45) is -0.621. The molecule has 1 aliphatic heterocycles. The third-order valence-electron chi connectivity index (χ3n) is 1.92. The average Bonchev–Trinajstić information content (AvgIpc) is 2.63. The molecule has 0 fully saturated rings. The van der Waals surface area contributed by atoms with Crippen molar-refractivity contribution in [3.8, 4) is 0 Å². The first-order valence-corrected chi connectivity index (χ1v) is 6.82. The predicted molar refractivity (Wildman–Crippen MR) is 47.8 cm³/mol. The van der Waals surface area contributed by atoms with Crippen LogP contribution in [0.15, 0.2) is 17.4 Å². The second-order valence-electron chi connectivity index (χ2n) is 3.05. The van der Waals surface area contributed by atoms with E-state index < -0.39 is 40.7 Å². The molecule has 0 saturated heterocycles. The molecule has 0 aliphatic carbocycles. The first kappa shape index (κ1) is 15.9. The highest BCUT2D eigenvalue weighted by molar-refractivity contribution is 7.99. The molecule has 0 aromatic rings. The zero-order valence-electron chi connectivity index (χ0n) is 8.34. The summed E-state index contributed by atoms with van der Waals surface area (Å²) in [5.74, 6) is 0. The highest BCUT2D eigenvalue weighted by Gasteiger charge is 2.73. The van der Waals surface area contributed by atoms with Gasteiger partial charge in [-0.25, -0.2) is 4.99 Å². The zero-order valence-corrected chi connectivity index (χ0v) is 9.98. The van der Waals surface area contributed by atoms with Crippen LogP contribution in [0, 0.1) is 0 Å². The lowest BCUT2D eigenvalue weighted by Crippen LogP contribution is -2.59. The van der Waals surface area contributed by atoms with E-state index in [1.54, 1.807) is 0 Å². The molecule has 19 heavy (non-hydrogen) atoms. The minimum atomic E-state index is -6.79. The van der Waals surface area contributed by atoms with E-state index in [0.717, 1.165) is 0 Å². The Morgan fingerprint density at radius 1 is 0.842 bits per heavy atom. The molecule has 1 heterocycles. The minimum Gasteiger partial charge on any atom is -0.204 e. The Labute approximate surface area is 102 Å². The van der Waals surface area contributed by atoms with Crippen LogP contribution in [0.5, 0.6) is 0 Å². The predicted octanol–water partition coefficient (Wildman–Crippen LogP) is 1.02. The number of quaternary nitrogens is 1. The molecule has 110 valence electrons. The Balaban J connectivity index is 3.75. The van der Waals surface area contributed by atoms with Crippen molar-refractivity contribution >= 4 is 26.4 Å². The van der Waals surface area contributed by atoms with Gasteiger partial charge in [0, 0.05) is 0 Å². The molecular formula is C5H3F6N2O4S2+. The molecule has 0 saturated carbocycles. The van der Waals surface area contributed by atoms with Gasteiger partial charge in [0.05, 0.1) is 6.20 Å². The number of hydrogen-bond donors (Lipinski definition) is 0. The number of hydrogen-bond acceptors (Lipinski definition) is 5. The lowest BCUT2D eigenvalue weighted by Gasteiger charge is -2.26. The van der Waals surface area contributed by atoms with Crippen LogP contribution in [-0.2, 0) is 20.0 Å². The smallest absolute Gasteiger partial charge is 0.204 e. The van der Waals surface area contributed by atoms with Crippen LogP contribution in [-0.4, -0.2) is 37.5 Å². The van der Waals surface area contributed by atoms with Crippen LogP contribution in [0.2, 0.25) is 0 Å². The summed E-state index contributed by atoms with van der Waals surface area (Å²) < 4.78 is 115. The Hall–Kier alpha value is -1.15. The Kier molecular flexibility index (Phi) is 3.28. The molecule has 0 unspecified atom stereocenters. The fourth-order valence-corrected chi connectivity index (χ4v) is 4.01. The summed E-state index contributed by atoms with van der Waals surface area (Å²) >= 11 is 0. The maximum atomic E-state index is 12.3. The van der Waals surface area contributed by atoms with Crippen LogP contribution >= 0.6 is 0 Å². The van der Waals surface area contributed by atoms with E-state index in [1.165, 1.54) is 0 Å². The summed E-state index contributed by atoms with van der Waals surface area (Å²) in [4.78, 5) is 2.70. The van der Waals surface area contributed by atoms with Gasteiger partial charge in [0.25, 0.3) is 0 Å². The van der Waals surface area contributed by atoms with E-state index in [1.807, 2.05) is 0 Å². The van der Waals surface area contributed by atoms with Crippen LogP contribution in [0.3, 0.4) is 0 Å². The number of rotatable bonds is 2. The van der Waals surface area contributed by atoms with Crippen LogP contribution in [0.1, 0.15) is 0 Å². The molecular weight excluding hydrogens is 330 g/mol. The van der Waals surface area contributed by atoms with Crippen molar-refractivity contribution in [1.29, 1.82) is 0 Å². The first-order valence-electron chi connectivity index (χ1n) is 3.94. The molecule has 0 bridgehead atoms. The van der Waals surface area contributed by atoms with Crippen LogP contribution in [0.4, 0.5) is 26.3 Å². The van der Waals surface area contributed by atoms with Gasteiger partial charge < -0.3 is 0 Å². The topological polar surface area (TPSA) is 80.6 Å². The molecule has 0 amide bonds. The Bertz CT molecular complexity index is 582. The summed E-state index contributed by atoms with van der Waals surface area (Å²) in [6.45, 7) is 0. The third-order valence-corrected chi connectivity index (χ3v) is 6.21. The number of halogens is 6. The maximum absolute atomic E-state index is 12.3. The summed E-state index contributed by atoms with van der Waals surface area (Å²) in [5, 5.41) is 0. The van der Waals surface area contributed by atoms with E-state index in [0.29, 0.717) is 0 Å². The van der Waals surface area contributed by atoms with Crippen molar-refractivity contribution in [2.45, 2.75) is 11.0 Å². The second kappa shape index (κ2) is 3.92. The van der Waals surface area contributed by atoms with Crippen molar-refractivity contribution in [2.75, 3.05) is 0 Å². The van der Waals surface area contributed by atoms with Gasteiger partial charge in [-0.3, -0.25) is 0 Å². The molecule has 0 aromatic heterocycles. The van der Waals surface area contributed by atoms with E-state index in [4.69, 9.17) is 0 Å². The van der Waals surface area contributed by atoms with E-state index in [-0.39, 0.29) is 12.4 Å². The van der Waals surface area contributed by atoms with Crippen LogP contribution < -0.4 is 0 Å². The van der Waals surface area contributed by atoms with Crippen molar-refractivity contribution in [3.63, 3.8) is 0 Å². The molecule has 14 heteroatoms. The lowest BCUT2D eigenvalue weighted by molar-refractivity contribution is -0.496. The second-order valence-corrected chi connectivity index (χ2v) is 7.32. The number of nitrogens with zero attached hydrogens (tertiary/aromatic N) is 2. The molecule has 0 aromatic carbocycles. The van der Waals surface area contributed by atoms with Gasteiger partial charge in [0.15, 0.2) is 6.20 Å². The first-order chi connectivity index (χ1) is 8.21. The summed E-state index contributed by atoms with van der Waals surface area (Å²) in [6, 6.07) is 0. The molecule has 0 atom stereocenters. The van der Waals surface area contributed by atoms with Crippen molar-refractivity contribution < 1.29 is 46.5 Å². The molecule has 1 aliphatic rings. The van der Waals surface area contributed by atoms with E-state index in [9.17, 15) is 43.2 Å². The molecule has 0 radical (unpaired) electrons. The van der Waals surface area contributed by atoms with Gasteiger partial charge >= 0.3 is 31.1 Å². The molecule has 6 nitrogen and oxygen atoms in total. The lowest BCUT2D eigenvalue weighted by atomic mass is 11.0. The van der Waals surface area contributed by atoms with Gasteiger partial charge in [0.2, 0.25) is 6.34 Å². The van der Waals surface area contributed by atoms with Gasteiger partial charge in [0.1, 0.15) is 0 Å². The van der Waals surface area contributed by atoms with E-state index in [2.05, 4.69) is 4.99 Å². The monoisotopic (exact) mass is 333 g/mol. The van der Waals surface area contributed by atoms with Crippen LogP contribution in [0.25, 0.3) is 0 Å². The minimum absolute atomic E-state index is 0.201. The largest absolute Gasteiger partial charge is 0.551 e. The van der Waals surface area contributed by atoms with Gasteiger partial charge in [-0.05, 0) is 3.29 Å². The molecule has 1 rings (SSSR count). The fraction of sp³-hybridized carbons (Fsp3) is 0.400. The average molecular weight is 333 g/mol. The number of aliphatic imine (C=N–C) groups is 1. The normalized spacial score (nSPS) is 19.9. The highest BCUT2D eigenvalue weighted by atomic mass is 32.3. The quantitative estimate of drug-likeness (QED) is 0.558. The van der Waals surface area contributed by atoms with Crippen molar-refractivity contribution in [1.82, 2.24) is 0 Å². The maximum Gasteiger partial charge on any atom is 0.551 e. The summed E-state index contributed by atoms with van der Waals surface area (Å²) in [5.41, 5.74) is -12.5. The highest BCUT2D eigenvalue weighted by Crippen LogP contribution is 2.42. The zero-order chi connectivity index (χ0) is 15.3. The molecule has 0 N–H and O–H groups in total.